The highest BCUT2D eigenvalue weighted by atomic mass is 16.3. The lowest BCUT2D eigenvalue weighted by molar-refractivity contribution is 0.462. The Balaban J connectivity index is 2.76. The van der Waals surface area contributed by atoms with Gasteiger partial charge in [-0.2, -0.15) is 0 Å². The maximum Gasteiger partial charge on any atom is 0.140 e. The van der Waals surface area contributed by atoms with Crippen molar-refractivity contribution in [1.82, 2.24) is 4.98 Å². The zero-order valence-electron chi connectivity index (χ0n) is 13.5. The molecule has 1 atom stereocenters. The van der Waals surface area contributed by atoms with Gasteiger partial charge in [0.05, 0.1) is 5.69 Å². The summed E-state index contributed by atoms with van der Waals surface area (Å²) in [6.45, 7) is 15.4. The highest BCUT2D eigenvalue weighted by molar-refractivity contribution is 5.54. The van der Waals surface area contributed by atoms with Gasteiger partial charge in [-0.3, -0.25) is 0 Å². The smallest absolute Gasteiger partial charge is 0.140 e. The average molecular weight is 286 g/mol. The van der Waals surface area contributed by atoms with Gasteiger partial charge in [0, 0.05) is 6.04 Å². The van der Waals surface area contributed by atoms with Crippen molar-refractivity contribution >= 4 is 5.82 Å². The maximum absolute atomic E-state index is 9.89. The molecule has 0 aliphatic carbocycles. The first-order chi connectivity index (χ1) is 9.90. The molecule has 3 nitrogen and oxygen atoms in total. The lowest BCUT2D eigenvalue weighted by Gasteiger charge is -2.18. The number of rotatable bonds is 7. The Hall–Kier alpha value is -2.03. The minimum absolute atomic E-state index is 0.285. The normalized spacial score (nSPS) is 12.9. The quantitative estimate of drug-likeness (QED) is 0.720. The van der Waals surface area contributed by atoms with Crippen LogP contribution in [0.15, 0.2) is 37.0 Å². The minimum Gasteiger partial charge on any atom is -0.506 e. The maximum atomic E-state index is 9.89. The van der Waals surface area contributed by atoms with Gasteiger partial charge in [0.2, 0.25) is 0 Å². The van der Waals surface area contributed by atoms with E-state index in [1.54, 1.807) is 6.08 Å². The molecule has 114 valence electrons. The molecule has 1 heterocycles. The van der Waals surface area contributed by atoms with Gasteiger partial charge in [0.25, 0.3) is 0 Å². The van der Waals surface area contributed by atoms with E-state index in [2.05, 4.69) is 30.4 Å². The highest BCUT2D eigenvalue weighted by Crippen LogP contribution is 2.28. The molecular weight excluding hydrogens is 260 g/mol. The molecule has 0 aliphatic rings. The van der Waals surface area contributed by atoms with Crippen LogP contribution in [0.4, 0.5) is 5.82 Å². The van der Waals surface area contributed by atoms with Crippen molar-refractivity contribution in [2.75, 3.05) is 5.32 Å². The molecule has 1 aromatic heterocycles. The zero-order valence-corrected chi connectivity index (χ0v) is 13.5. The van der Waals surface area contributed by atoms with E-state index in [1.807, 2.05) is 32.9 Å². The Bertz CT molecular complexity index is 559. The molecule has 0 spiro atoms. The highest BCUT2D eigenvalue weighted by Gasteiger charge is 2.12. The summed E-state index contributed by atoms with van der Waals surface area (Å²) >= 11 is 0. The number of nitrogens with zero attached hydrogens (tertiary/aromatic N) is 1. The van der Waals surface area contributed by atoms with Gasteiger partial charge in [0.1, 0.15) is 11.6 Å². The van der Waals surface area contributed by atoms with E-state index in [4.69, 9.17) is 0 Å². The molecule has 0 bridgehead atoms. The van der Waals surface area contributed by atoms with Gasteiger partial charge < -0.3 is 10.4 Å². The second-order valence-corrected chi connectivity index (χ2v) is 5.41. The van der Waals surface area contributed by atoms with Crippen LogP contribution in [0.5, 0.6) is 5.75 Å². The van der Waals surface area contributed by atoms with Crippen LogP contribution >= 0.6 is 0 Å². The first-order valence-electron chi connectivity index (χ1n) is 7.28. The molecule has 1 rings (SSSR count). The van der Waals surface area contributed by atoms with Crippen molar-refractivity contribution in [3.8, 4) is 5.75 Å². The van der Waals surface area contributed by atoms with Crippen molar-refractivity contribution in [2.24, 2.45) is 0 Å². The fourth-order valence-corrected chi connectivity index (χ4v) is 2.17. The van der Waals surface area contributed by atoms with Gasteiger partial charge in [-0.1, -0.05) is 31.4 Å². The molecule has 0 saturated heterocycles. The van der Waals surface area contributed by atoms with Crippen LogP contribution in [0, 0.1) is 20.8 Å². The fourth-order valence-electron chi connectivity index (χ4n) is 2.17. The summed E-state index contributed by atoms with van der Waals surface area (Å²) in [4.78, 5) is 4.44. The van der Waals surface area contributed by atoms with Crippen molar-refractivity contribution in [3.63, 3.8) is 0 Å². The number of hydrogen-bond acceptors (Lipinski definition) is 3. The van der Waals surface area contributed by atoms with Crippen LogP contribution in [-0.2, 0) is 0 Å². The summed E-state index contributed by atoms with van der Waals surface area (Å²) in [6, 6.07) is 0.285. The van der Waals surface area contributed by atoms with Crippen LogP contribution in [0.3, 0.4) is 0 Å². The predicted molar refractivity (Wildman–Crippen MR) is 90.9 cm³/mol. The number of aryl methyl sites for hydroxylation is 1. The van der Waals surface area contributed by atoms with Gasteiger partial charge in [0.15, 0.2) is 0 Å². The summed E-state index contributed by atoms with van der Waals surface area (Å²) in [5, 5.41) is 13.3. The topological polar surface area (TPSA) is 45.2 Å². The van der Waals surface area contributed by atoms with E-state index in [0.717, 1.165) is 29.8 Å². The first-order valence-corrected chi connectivity index (χ1v) is 7.28. The largest absolute Gasteiger partial charge is 0.506 e. The Kier molecular flexibility index (Phi) is 6.22. The molecule has 0 aromatic carbocycles. The standard InChI is InChI=1S/C18H26N2O/c1-7-9-16(8-2)11-10-12(3)19-18-14(5)13(4)17(21)15(6)20-18/h7-9,12,21H,1-2,10-11H2,3-6H3,(H,19,20)/b16-9+. The Morgan fingerprint density at radius 1 is 1.29 bits per heavy atom. The van der Waals surface area contributed by atoms with E-state index in [1.165, 1.54) is 5.57 Å². The number of aromatic hydroxyl groups is 1. The summed E-state index contributed by atoms with van der Waals surface area (Å²) in [7, 11) is 0. The van der Waals surface area contributed by atoms with E-state index < -0.39 is 0 Å². The number of allylic oxidation sites excluding steroid dienone is 4. The van der Waals surface area contributed by atoms with Gasteiger partial charge in [-0.25, -0.2) is 4.98 Å². The molecule has 0 amide bonds. The van der Waals surface area contributed by atoms with Crippen molar-refractivity contribution < 1.29 is 5.11 Å². The SMILES string of the molecule is C=C/C=C(\C=C)CCC(C)Nc1nc(C)c(O)c(C)c1C. The molecule has 0 aliphatic heterocycles. The number of hydrogen-bond donors (Lipinski definition) is 2. The Morgan fingerprint density at radius 2 is 1.95 bits per heavy atom. The predicted octanol–water partition coefficient (Wildman–Crippen LogP) is 4.59. The molecule has 0 radical (unpaired) electrons. The first kappa shape index (κ1) is 17.0. The van der Waals surface area contributed by atoms with E-state index in [9.17, 15) is 5.11 Å². The number of pyridine rings is 1. The van der Waals surface area contributed by atoms with Crippen LogP contribution in [-0.4, -0.2) is 16.1 Å². The summed E-state index contributed by atoms with van der Waals surface area (Å²) in [5.74, 6) is 1.14. The average Bonchev–Trinajstić information content (AvgIpc) is 2.46. The van der Waals surface area contributed by atoms with Crippen molar-refractivity contribution in [1.29, 1.82) is 0 Å². The number of nitrogens with one attached hydrogen (secondary N) is 1. The minimum atomic E-state index is 0.285. The molecule has 3 heteroatoms. The summed E-state index contributed by atoms with van der Waals surface area (Å²) in [6.07, 6.45) is 7.56. The van der Waals surface area contributed by atoms with E-state index in [-0.39, 0.29) is 11.8 Å². The molecule has 0 fully saturated rings. The van der Waals surface area contributed by atoms with Gasteiger partial charge in [-0.15, -0.1) is 0 Å². The third-order valence-corrected chi connectivity index (χ3v) is 3.74. The third kappa shape index (κ3) is 4.48. The molecule has 0 saturated carbocycles. The van der Waals surface area contributed by atoms with E-state index >= 15 is 0 Å². The van der Waals surface area contributed by atoms with Gasteiger partial charge >= 0.3 is 0 Å². The van der Waals surface area contributed by atoms with Crippen molar-refractivity contribution in [3.05, 3.63) is 53.8 Å². The Labute approximate surface area is 128 Å². The van der Waals surface area contributed by atoms with Crippen LogP contribution in [0.1, 0.15) is 36.6 Å². The molecule has 2 N–H and O–H groups in total. The lowest BCUT2D eigenvalue weighted by Crippen LogP contribution is -2.17. The monoisotopic (exact) mass is 286 g/mol. The summed E-state index contributed by atoms with van der Waals surface area (Å²) in [5.41, 5.74) is 3.72. The third-order valence-electron chi connectivity index (χ3n) is 3.74. The van der Waals surface area contributed by atoms with Crippen molar-refractivity contribution in [2.45, 2.75) is 46.6 Å². The molecule has 1 unspecified atom stereocenters. The van der Waals surface area contributed by atoms with Gasteiger partial charge in [-0.05, 0) is 57.2 Å². The number of aromatic nitrogens is 1. The number of anilines is 1. The molecule has 21 heavy (non-hydrogen) atoms. The fraction of sp³-hybridized carbons (Fsp3) is 0.389. The second kappa shape index (κ2) is 7.67. The molecular formula is C18H26N2O. The lowest BCUT2D eigenvalue weighted by atomic mass is 10.0. The van der Waals surface area contributed by atoms with Crippen LogP contribution in [0.2, 0.25) is 0 Å². The Morgan fingerprint density at radius 3 is 2.52 bits per heavy atom. The second-order valence-electron chi connectivity index (χ2n) is 5.41. The van der Waals surface area contributed by atoms with Crippen LogP contribution < -0.4 is 5.32 Å². The zero-order chi connectivity index (χ0) is 16.0. The summed E-state index contributed by atoms with van der Waals surface area (Å²) < 4.78 is 0. The molecule has 1 aromatic rings. The van der Waals surface area contributed by atoms with Crippen LogP contribution in [0.25, 0.3) is 0 Å². The van der Waals surface area contributed by atoms with E-state index in [0.29, 0.717) is 5.69 Å².